The summed E-state index contributed by atoms with van der Waals surface area (Å²) in [6.07, 6.45) is 1.57. The molecule has 3 heterocycles. The maximum absolute atomic E-state index is 13.0. The second kappa shape index (κ2) is 7.89. The molecular weight excluding hydrogens is 406 g/mol. The summed E-state index contributed by atoms with van der Waals surface area (Å²) in [7, 11) is 1.88. The van der Waals surface area contributed by atoms with E-state index < -0.39 is 12.5 Å². The van der Waals surface area contributed by atoms with Gasteiger partial charge in [-0.3, -0.25) is 14.2 Å². The van der Waals surface area contributed by atoms with Crippen LogP contribution in [-0.2, 0) is 31.5 Å². The number of pyridine rings is 2. The van der Waals surface area contributed by atoms with Gasteiger partial charge in [-0.1, -0.05) is 23.7 Å². The number of aryl methyl sites for hydroxylation is 2. The van der Waals surface area contributed by atoms with Gasteiger partial charge in [-0.05, 0) is 30.7 Å². The highest BCUT2D eigenvalue weighted by Gasteiger charge is 2.17. The van der Waals surface area contributed by atoms with Crippen molar-refractivity contribution in [1.82, 2.24) is 24.4 Å². The Morgan fingerprint density at radius 1 is 1.23 bits per heavy atom. The molecule has 4 rings (SSSR count). The van der Waals surface area contributed by atoms with Gasteiger partial charge in [0.2, 0.25) is 0 Å². The number of rotatable bonds is 6. The monoisotopic (exact) mass is 425 g/mol. The molecule has 2 N–H and O–H groups in total. The lowest BCUT2D eigenvalue weighted by Gasteiger charge is -2.12. The summed E-state index contributed by atoms with van der Waals surface area (Å²) in [4.78, 5) is 33.2. The summed E-state index contributed by atoms with van der Waals surface area (Å²) >= 11 is 5.91. The molecule has 1 aromatic carbocycles. The van der Waals surface area contributed by atoms with Crippen LogP contribution in [0.5, 0.6) is 0 Å². The summed E-state index contributed by atoms with van der Waals surface area (Å²) in [5, 5.41) is 13.9. The number of carbonyl (C=O) groups is 1. The molecule has 154 valence electrons. The van der Waals surface area contributed by atoms with Gasteiger partial charge in [0.1, 0.15) is 23.5 Å². The summed E-state index contributed by atoms with van der Waals surface area (Å²) in [6, 6.07) is 9.21. The number of aliphatic carboxylic acids is 1. The molecule has 0 aliphatic carbocycles. The molecule has 0 saturated carbocycles. The first-order chi connectivity index (χ1) is 14.3. The number of fused-ring (bicyclic) bond motifs is 3. The maximum Gasteiger partial charge on any atom is 0.323 e. The van der Waals surface area contributed by atoms with Crippen molar-refractivity contribution in [3.05, 3.63) is 68.9 Å². The molecule has 0 radical (unpaired) electrons. The number of hydrogen-bond donors (Lipinski definition) is 2. The van der Waals surface area contributed by atoms with Gasteiger partial charge in [-0.15, -0.1) is 0 Å². The van der Waals surface area contributed by atoms with Crippen molar-refractivity contribution in [2.24, 2.45) is 7.05 Å². The molecule has 0 saturated heterocycles. The zero-order chi connectivity index (χ0) is 21.4. The first-order valence-corrected chi connectivity index (χ1v) is 9.74. The summed E-state index contributed by atoms with van der Waals surface area (Å²) in [5.41, 5.74) is 2.96. The van der Waals surface area contributed by atoms with Crippen LogP contribution in [0.15, 0.2) is 41.3 Å². The van der Waals surface area contributed by atoms with Crippen LogP contribution in [0.2, 0.25) is 5.02 Å². The third-order valence-corrected chi connectivity index (χ3v) is 5.35. The summed E-state index contributed by atoms with van der Waals surface area (Å²) < 4.78 is 3.12. The van der Waals surface area contributed by atoms with Crippen LogP contribution >= 0.6 is 11.6 Å². The Hall–Kier alpha value is -3.23. The van der Waals surface area contributed by atoms with E-state index in [9.17, 15) is 14.7 Å². The molecule has 0 amide bonds. The molecule has 3 aromatic heterocycles. The van der Waals surface area contributed by atoms with E-state index in [2.05, 4.69) is 15.3 Å². The Labute approximate surface area is 176 Å². The Bertz CT molecular complexity index is 1320. The van der Waals surface area contributed by atoms with E-state index in [1.807, 2.05) is 42.8 Å². The van der Waals surface area contributed by atoms with Crippen LogP contribution < -0.4 is 10.9 Å². The van der Waals surface area contributed by atoms with E-state index in [0.717, 1.165) is 16.9 Å². The highest BCUT2D eigenvalue weighted by Crippen LogP contribution is 2.24. The van der Waals surface area contributed by atoms with Crippen molar-refractivity contribution >= 4 is 39.6 Å². The molecule has 0 fully saturated rings. The maximum atomic E-state index is 13.0. The number of benzene rings is 1. The first-order valence-electron chi connectivity index (χ1n) is 9.36. The highest BCUT2D eigenvalue weighted by atomic mass is 35.5. The average Bonchev–Trinajstić information content (AvgIpc) is 3.00. The second-order valence-corrected chi connectivity index (χ2v) is 7.57. The third kappa shape index (κ3) is 3.67. The summed E-state index contributed by atoms with van der Waals surface area (Å²) in [5.74, 6) is -0.301. The molecule has 8 nitrogen and oxygen atoms in total. The molecule has 0 aliphatic heterocycles. The SMILES string of the molecule is Cc1nc2cnc3c(cc(CNCc4ccc(Cl)cc4)c(=O)n3CC(=O)O)c2n1C. The topological polar surface area (TPSA) is 102 Å². The van der Waals surface area contributed by atoms with Crippen molar-refractivity contribution in [3.8, 4) is 0 Å². The molecule has 30 heavy (non-hydrogen) atoms. The zero-order valence-corrected chi connectivity index (χ0v) is 17.3. The van der Waals surface area contributed by atoms with Gasteiger partial charge in [0.25, 0.3) is 5.56 Å². The van der Waals surface area contributed by atoms with Crippen LogP contribution in [0.25, 0.3) is 22.1 Å². The average molecular weight is 426 g/mol. The number of imidazole rings is 1. The van der Waals surface area contributed by atoms with Gasteiger partial charge in [0.05, 0.1) is 11.7 Å². The third-order valence-electron chi connectivity index (χ3n) is 5.10. The number of nitrogens with zero attached hydrogens (tertiary/aromatic N) is 4. The lowest BCUT2D eigenvalue weighted by molar-refractivity contribution is -0.137. The van der Waals surface area contributed by atoms with E-state index in [1.54, 1.807) is 12.3 Å². The fourth-order valence-corrected chi connectivity index (χ4v) is 3.67. The van der Waals surface area contributed by atoms with Crippen LogP contribution in [0, 0.1) is 6.92 Å². The largest absolute Gasteiger partial charge is 0.480 e. The molecule has 0 unspecified atom stereocenters. The standard InChI is InChI=1S/C21H20ClN5O3/c1-12-25-17-10-24-20-16(19(17)26(12)2)7-14(21(30)27(20)11-18(28)29)9-23-8-13-3-5-15(22)6-4-13/h3-7,10,23H,8-9,11H2,1-2H3,(H,28,29). The Kier molecular flexibility index (Phi) is 5.27. The number of aromatic nitrogens is 4. The highest BCUT2D eigenvalue weighted by molar-refractivity contribution is 6.30. The van der Waals surface area contributed by atoms with Gasteiger partial charge < -0.3 is 15.0 Å². The minimum Gasteiger partial charge on any atom is -0.480 e. The minimum absolute atomic E-state index is 0.282. The molecular formula is C21H20ClN5O3. The zero-order valence-electron chi connectivity index (χ0n) is 16.5. The second-order valence-electron chi connectivity index (χ2n) is 7.13. The van der Waals surface area contributed by atoms with Crippen molar-refractivity contribution in [2.75, 3.05) is 0 Å². The molecule has 9 heteroatoms. The van der Waals surface area contributed by atoms with Gasteiger partial charge >= 0.3 is 5.97 Å². The van der Waals surface area contributed by atoms with Gasteiger partial charge in [-0.2, -0.15) is 0 Å². The van der Waals surface area contributed by atoms with Gasteiger partial charge in [0, 0.05) is 36.1 Å². The van der Waals surface area contributed by atoms with E-state index in [4.69, 9.17) is 11.6 Å². The number of carboxylic acid groups (broad SMARTS) is 1. The van der Waals surface area contributed by atoms with Crippen molar-refractivity contribution in [1.29, 1.82) is 0 Å². The van der Waals surface area contributed by atoms with E-state index in [1.165, 1.54) is 4.57 Å². The predicted molar refractivity (Wildman–Crippen MR) is 115 cm³/mol. The smallest absolute Gasteiger partial charge is 0.323 e. The van der Waals surface area contributed by atoms with E-state index in [0.29, 0.717) is 33.7 Å². The Morgan fingerprint density at radius 3 is 2.67 bits per heavy atom. The number of carboxylic acids is 1. The Morgan fingerprint density at radius 2 is 1.97 bits per heavy atom. The lowest BCUT2D eigenvalue weighted by Crippen LogP contribution is -2.30. The number of halogens is 1. The fraction of sp³-hybridized carbons (Fsp3) is 0.238. The molecule has 4 aromatic rings. The number of hydrogen-bond acceptors (Lipinski definition) is 5. The van der Waals surface area contributed by atoms with Crippen molar-refractivity contribution < 1.29 is 9.90 Å². The summed E-state index contributed by atoms with van der Waals surface area (Å²) in [6.45, 7) is 2.24. The predicted octanol–water partition coefficient (Wildman–Crippen LogP) is 2.62. The van der Waals surface area contributed by atoms with Crippen molar-refractivity contribution in [3.63, 3.8) is 0 Å². The molecule has 0 bridgehead atoms. The van der Waals surface area contributed by atoms with E-state index in [-0.39, 0.29) is 12.1 Å². The van der Waals surface area contributed by atoms with Crippen LogP contribution in [0.4, 0.5) is 0 Å². The Balaban J connectivity index is 1.78. The molecule has 0 spiro atoms. The number of nitrogens with one attached hydrogen (secondary N) is 1. The lowest BCUT2D eigenvalue weighted by atomic mass is 10.1. The van der Waals surface area contributed by atoms with Crippen molar-refractivity contribution in [2.45, 2.75) is 26.6 Å². The normalized spacial score (nSPS) is 11.4. The van der Waals surface area contributed by atoms with E-state index >= 15 is 0 Å². The van der Waals surface area contributed by atoms with Crippen LogP contribution in [0.3, 0.4) is 0 Å². The first kappa shape index (κ1) is 20.1. The quantitative estimate of drug-likeness (QED) is 0.492. The van der Waals surface area contributed by atoms with Gasteiger partial charge in [0.15, 0.2) is 0 Å². The molecule has 0 aliphatic rings. The van der Waals surface area contributed by atoms with Crippen LogP contribution in [0.1, 0.15) is 17.0 Å². The fourth-order valence-electron chi connectivity index (χ4n) is 3.55. The van der Waals surface area contributed by atoms with Crippen LogP contribution in [-0.4, -0.2) is 30.2 Å². The molecule has 0 atom stereocenters. The van der Waals surface area contributed by atoms with Gasteiger partial charge in [-0.25, -0.2) is 9.97 Å². The minimum atomic E-state index is -1.10.